The van der Waals surface area contributed by atoms with Gasteiger partial charge < -0.3 is 15.0 Å². The molecule has 182 valence electrons. The Morgan fingerprint density at radius 1 is 1.09 bits per heavy atom. The van der Waals surface area contributed by atoms with Crippen LogP contribution in [0.15, 0.2) is 53.9 Å². The summed E-state index contributed by atoms with van der Waals surface area (Å²) in [6, 6.07) is 11.2. The number of hydrazone groups is 1. The normalized spacial score (nSPS) is 23.1. The molecule has 3 heterocycles. The molecule has 3 aliphatic rings. The number of rotatable bonds is 4. The molecule has 3 amide bonds. The number of benzene rings is 1. The van der Waals surface area contributed by atoms with E-state index in [-0.39, 0.29) is 35.3 Å². The fourth-order valence-corrected chi connectivity index (χ4v) is 5.77. The molecule has 2 atom stereocenters. The van der Waals surface area contributed by atoms with E-state index in [1.807, 2.05) is 17.0 Å². The van der Waals surface area contributed by atoms with Gasteiger partial charge >= 0.3 is 0 Å². The third-order valence-corrected chi connectivity index (χ3v) is 7.56. The lowest BCUT2D eigenvalue weighted by Crippen LogP contribution is -2.53. The second-order valence-corrected chi connectivity index (χ2v) is 9.34. The summed E-state index contributed by atoms with van der Waals surface area (Å²) in [4.78, 5) is 43.7. The number of carbonyl (C=O) groups is 3. The molecular weight excluding hydrogens is 446 g/mol. The first-order valence-electron chi connectivity index (χ1n) is 11.9. The maximum Gasteiger partial charge on any atom is 0.270 e. The van der Waals surface area contributed by atoms with Crippen molar-refractivity contribution < 1.29 is 19.1 Å². The van der Waals surface area contributed by atoms with E-state index in [0.717, 1.165) is 5.56 Å². The number of likely N-dealkylation sites (tertiary alicyclic amines) is 1. The Kier molecular flexibility index (Phi) is 6.10. The van der Waals surface area contributed by atoms with Crippen molar-refractivity contribution in [1.29, 1.82) is 0 Å². The maximum atomic E-state index is 13.1. The highest BCUT2D eigenvalue weighted by Crippen LogP contribution is 2.52. The molecule has 1 fully saturated rings. The molecule has 35 heavy (non-hydrogen) atoms. The van der Waals surface area contributed by atoms with Crippen molar-refractivity contribution in [1.82, 2.24) is 20.2 Å². The Balaban J connectivity index is 1.38. The number of amides is 3. The summed E-state index contributed by atoms with van der Waals surface area (Å²) >= 11 is 0. The van der Waals surface area contributed by atoms with Crippen LogP contribution in [0.25, 0.3) is 0 Å². The molecule has 0 bridgehead atoms. The van der Waals surface area contributed by atoms with Crippen LogP contribution in [0.5, 0.6) is 0 Å². The van der Waals surface area contributed by atoms with Gasteiger partial charge in [0.1, 0.15) is 5.71 Å². The topological polar surface area (TPSA) is 104 Å². The average molecular weight is 476 g/mol. The number of piperidine rings is 1. The van der Waals surface area contributed by atoms with Crippen LogP contribution in [0.4, 0.5) is 0 Å². The number of carbonyl (C=O) groups excluding carboxylic acids is 3. The predicted octanol–water partition coefficient (Wildman–Crippen LogP) is 2.05. The second kappa shape index (κ2) is 9.22. The highest BCUT2D eigenvalue weighted by molar-refractivity contribution is 6.39. The van der Waals surface area contributed by atoms with Crippen LogP contribution >= 0.6 is 0 Å². The zero-order valence-corrected chi connectivity index (χ0v) is 19.9. The molecule has 1 spiro atoms. The predicted molar refractivity (Wildman–Crippen MR) is 129 cm³/mol. The Morgan fingerprint density at radius 3 is 2.49 bits per heavy atom. The van der Waals surface area contributed by atoms with Crippen LogP contribution in [-0.2, 0) is 19.7 Å². The summed E-state index contributed by atoms with van der Waals surface area (Å²) in [5.41, 5.74) is 2.88. The van der Waals surface area contributed by atoms with Gasteiger partial charge in [-0.3, -0.25) is 19.4 Å². The number of nitrogens with zero attached hydrogens (tertiary/aromatic N) is 4. The monoisotopic (exact) mass is 475 g/mol. The molecule has 1 aromatic heterocycles. The van der Waals surface area contributed by atoms with Gasteiger partial charge in [-0.05, 0) is 36.1 Å². The van der Waals surface area contributed by atoms with Crippen LogP contribution in [-0.4, -0.2) is 71.7 Å². The summed E-state index contributed by atoms with van der Waals surface area (Å²) in [5, 5.41) is 8.65. The van der Waals surface area contributed by atoms with E-state index in [4.69, 9.17) is 4.74 Å². The number of nitrogens with one attached hydrogen (secondary N) is 1. The minimum absolute atomic E-state index is 0.0792. The van der Waals surface area contributed by atoms with E-state index in [1.165, 1.54) is 10.6 Å². The second-order valence-electron chi connectivity index (χ2n) is 9.34. The lowest BCUT2D eigenvalue weighted by atomic mass is 9.71. The molecule has 0 radical (unpaired) electrons. The zero-order valence-electron chi connectivity index (χ0n) is 19.9. The van der Waals surface area contributed by atoms with Gasteiger partial charge in [0, 0.05) is 63.5 Å². The van der Waals surface area contributed by atoms with E-state index < -0.39 is 0 Å². The average Bonchev–Trinajstić information content (AvgIpc) is 3.14. The summed E-state index contributed by atoms with van der Waals surface area (Å²) in [7, 11) is 3.27. The third-order valence-electron chi connectivity index (χ3n) is 7.56. The number of ether oxygens (including phenoxy) is 1. The Bertz CT molecular complexity index is 1170. The largest absolute Gasteiger partial charge is 0.378 e. The molecule has 1 aliphatic carbocycles. The molecule has 9 heteroatoms. The molecular formula is C26H29N5O4. The van der Waals surface area contributed by atoms with Gasteiger partial charge in [0.05, 0.1) is 12.1 Å². The Labute approximate surface area is 204 Å². The number of pyridine rings is 1. The molecule has 1 saturated heterocycles. The van der Waals surface area contributed by atoms with Crippen LogP contribution in [0, 0.1) is 0 Å². The van der Waals surface area contributed by atoms with Crippen LogP contribution in [0.1, 0.15) is 53.2 Å². The first kappa shape index (κ1) is 23.2. The highest BCUT2D eigenvalue weighted by Gasteiger charge is 2.54. The molecule has 9 nitrogen and oxygen atoms in total. The van der Waals surface area contributed by atoms with Crippen molar-refractivity contribution in [2.45, 2.75) is 43.2 Å². The molecule has 0 unspecified atom stereocenters. The summed E-state index contributed by atoms with van der Waals surface area (Å²) in [6.45, 7) is 1.10. The van der Waals surface area contributed by atoms with Gasteiger partial charge in [-0.25, -0.2) is 5.01 Å². The van der Waals surface area contributed by atoms with Crippen molar-refractivity contribution in [3.8, 4) is 0 Å². The lowest BCUT2D eigenvalue weighted by Gasteiger charge is -2.44. The van der Waals surface area contributed by atoms with Crippen LogP contribution < -0.4 is 5.32 Å². The number of hydrogen-bond acceptors (Lipinski definition) is 6. The van der Waals surface area contributed by atoms with E-state index in [0.29, 0.717) is 50.0 Å². The van der Waals surface area contributed by atoms with Gasteiger partial charge in [0.2, 0.25) is 5.91 Å². The number of methoxy groups -OCH3 is 1. The van der Waals surface area contributed by atoms with Crippen molar-refractivity contribution in [2.75, 3.05) is 27.2 Å². The number of fused-ring (bicyclic) bond motifs is 2. The van der Waals surface area contributed by atoms with Gasteiger partial charge in [-0.1, -0.05) is 24.3 Å². The van der Waals surface area contributed by atoms with Crippen molar-refractivity contribution in [3.05, 3.63) is 65.5 Å². The van der Waals surface area contributed by atoms with Crippen molar-refractivity contribution in [3.63, 3.8) is 0 Å². The third kappa shape index (κ3) is 3.99. The van der Waals surface area contributed by atoms with E-state index in [9.17, 15) is 14.4 Å². The van der Waals surface area contributed by atoms with E-state index >= 15 is 0 Å². The standard InChI is InChI=1S/C26H29N5O4/c1-30-21(32)8-7-20(29-30)25(34)31-15-11-26(12-16-31)19-6-4-3-5-18(19)22(23(26)35-2)28-24(33)17-9-13-27-14-10-17/h3-6,9-10,13-14,22-23H,7-8,11-12,15-16H2,1-2H3,(H,28,33)/t22-,23+/m1/s1. The van der Waals surface area contributed by atoms with Gasteiger partial charge in [-0.15, -0.1) is 0 Å². The van der Waals surface area contributed by atoms with Crippen LogP contribution in [0.2, 0.25) is 0 Å². The molecule has 2 aliphatic heterocycles. The molecule has 1 aromatic carbocycles. The van der Waals surface area contributed by atoms with Crippen molar-refractivity contribution >= 4 is 23.4 Å². The Morgan fingerprint density at radius 2 is 1.80 bits per heavy atom. The van der Waals surface area contributed by atoms with Gasteiger partial charge in [0.25, 0.3) is 11.8 Å². The Hall–Kier alpha value is -3.59. The van der Waals surface area contributed by atoms with Crippen molar-refractivity contribution in [2.24, 2.45) is 5.10 Å². The summed E-state index contributed by atoms with van der Waals surface area (Å²) in [5.74, 6) is -0.362. The highest BCUT2D eigenvalue weighted by atomic mass is 16.5. The van der Waals surface area contributed by atoms with E-state index in [1.54, 1.807) is 38.7 Å². The van der Waals surface area contributed by atoms with Gasteiger partial charge in [0.15, 0.2) is 0 Å². The fourth-order valence-electron chi connectivity index (χ4n) is 5.77. The zero-order chi connectivity index (χ0) is 24.6. The van der Waals surface area contributed by atoms with Crippen LogP contribution in [0.3, 0.4) is 0 Å². The maximum absolute atomic E-state index is 13.1. The lowest BCUT2D eigenvalue weighted by molar-refractivity contribution is -0.131. The molecule has 1 N–H and O–H groups in total. The molecule has 5 rings (SSSR count). The minimum Gasteiger partial charge on any atom is -0.378 e. The van der Waals surface area contributed by atoms with E-state index in [2.05, 4.69) is 27.5 Å². The van der Waals surface area contributed by atoms with Gasteiger partial charge in [-0.2, -0.15) is 5.10 Å². The number of hydrogen-bond donors (Lipinski definition) is 1. The first-order chi connectivity index (χ1) is 16.9. The smallest absolute Gasteiger partial charge is 0.270 e. The first-order valence-corrected chi connectivity index (χ1v) is 11.9. The fraction of sp³-hybridized carbons (Fsp3) is 0.423. The summed E-state index contributed by atoms with van der Waals surface area (Å²) in [6.07, 6.45) is 5.02. The SMILES string of the molecule is CO[C@H]1[C@H](NC(=O)c2ccncc2)c2ccccc2C12CCN(C(=O)C1=NN(C)C(=O)CC1)CC2. The summed E-state index contributed by atoms with van der Waals surface area (Å²) < 4.78 is 6.08. The number of aromatic nitrogens is 1. The molecule has 0 saturated carbocycles. The quantitative estimate of drug-likeness (QED) is 0.729. The minimum atomic E-state index is -0.320. The molecule has 2 aromatic rings.